The predicted molar refractivity (Wildman–Crippen MR) is 141 cm³/mol. The molecule has 39 heavy (non-hydrogen) atoms. The van der Waals surface area contributed by atoms with Crippen molar-refractivity contribution >= 4 is 44.3 Å². The Morgan fingerprint density at radius 3 is 2.54 bits per heavy atom. The molecule has 14 heteroatoms. The molecule has 1 spiro atoms. The number of piperidine rings is 1. The third kappa shape index (κ3) is 5.26. The fourth-order valence-corrected chi connectivity index (χ4v) is 6.26. The standard InChI is InChI=1S/C25H29F2N7O4S/c26-25(27)12-17(13-25)34-22-19(14-29-34)28-15-21(30-22)31-23(36)18-2-1-16(32-39(37,38)10-9-35)11-20(18)33-7-5-24(3-4-24)6-8-33/h1-2,11,14-15,17,32,35H,3-10,12-13H2,(H,30,31,36). The molecule has 208 valence electrons. The lowest BCUT2D eigenvalue weighted by Crippen LogP contribution is -2.37. The Bertz CT molecular complexity index is 1520. The van der Waals surface area contributed by atoms with Gasteiger partial charge in [0.2, 0.25) is 10.0 Å². The maximum absolute atomic E-state index is 13.5. The molecule has 3 aromatic rings. The number of aliphatic hydroxyl groups is 1. The van der Waals surface area contributed by atoms with Crippen molar-refractivity contribution in [3.63, 3.8) is 0 Å². The van der Waals surface area contributed by atoms with Crippen LogP contribution in [0.3, 0.4) is 0 Å². The van der Waals surface area contributed by atoms with Crippen LogP contribution in [0.1, 0.15) is 54.9 Å². The van der Waals surface area contributed by atoms with Crippen molar-refractivity contribution in [3.05, 3.63) is 36.2 Å². The van der Waals surface area contributed by atoms with Crippen molar-refractivity contribution in [2.75, 3.05) is 40.4 Å². The SMILES string of the molecule is O=C(Nc1cnc2cnn(C3CC(F)(F)C3)c2n1)c1ccc(NS(=O)(=O)CCO)cc1N1CCC2(CC1)CC2. The molecule has 6 rings (SSSR count). The molecule has 2 saturated carbocycles. The maximum atomic E-state index is 13.5. The number of amides is 1. The molecule has 0 unspecified atom stereocenters. The van der Waals surface area contributed by atoms with Gasteiger partial charge in [-0.1, -0.05) is 0 Å². The predicted octanol–water partition coefficient (Wildman–Crippen LogP) is 3.16. The van der Waals surface area contributed by atoms with Crippen molar-refractivity contribution in [1.82, 2.24) is 19.7 Å². The van der Waals surface area contributed by atoms with Gasteiger partial charge < -0.3 is 15.3 Å². The highest BCUT2D eigenvalue weighted by atomic mass is 32.2. The highest BCUT2D eigenvalue weighted by Gasteiger charge is 2.47. The van der Waals surface area contributed by atoms with Gasteiger partial charge in [-0.25, -0.2) is 31.8 Å². The number of rotatable bonds is 8. The molecule has 0 atom stereocenters. The number of halogens is 2. The van der Waals surface area contributed by atoms with Crippen LogP contribution in [0, 0.1) is 5.41 Å². The van der Waals surface area contributed by atoms with E-state index in [0.29, 0.717) is 33.5 Å². The Morgan fingerprint density at radius 2 is 1.87 bits per heavy atom. The van der Waals surface area contributed by atoms with Gasteiger partial charge in [0, 0.05) is 25.9 Å². The first-order valence-electron chi connectivity index (χ1n) is 13.0. The number of sulfonamides is 1. The molecular weight excluding hydrogens is 532 g/mol. The summed E-state index contributed by atoms with van der Waals surface area (Å²) in [7, 11) is -3.75. The lowest BCUT2D eigenvalue weighted by molar-refractivity contribution is -0.106. The Hall–Kier alpha value is -3.39. The molecule has 3 fully saturated rings. The van der Waals surface area contributed by atoms with E-state index < -0.39 is 40.3 Å². The molecule has 3 N–H and O–H groups in total. The van der Waals surface area contributed by atoms with E-state index in [-0.39, 0.29) is 18.7 Å². The summed E-state index contributed by atoms with van der Waals surface area (Å²) >= 11 is 0. The average molecular weight is 562 g/mol. The van der Waals surface area contributed by atoms with Gasteiger partial charge in [-0.3, -0.25) is 9.52 Å². The smallest absolute Gasteiger partial charge is 0.258 e. The van der Waals surface area contributed by atoms with E-state index in [9.17, 15) is 22.0 Å². The van der Waals surface area contributed by atoms with E-state index >= 15 is 0 Å². The second-order valence-electron chi connectivity index (χ2n) is 10.8. The molecule has 0 bridgehead atoms. The zero-order chi connectivity index (χ0) is 27.4. The Morgan fingerprint density at radius 1 is 1.13 bits per heavy atom. The molecule has 0 radical (unpaired) electrons. The van der Waals surface area contributed by atoms with E-state index in [1.54, 1.807) is 12.1 Å². The molecule has 2 aromatic heterocycles. The first-order valence-corrected chi connectivity index (χ1v) is 14.6. The second kappa shape index (κ2) is 9.37. The van der Waals surface area contributed by atoms with E-state index in [2.05, 4.69) is 30.0 Å². The molecule has 1 aromatic carbocycles. The quantitative estimate of drug-likeness (QED) is 0.381. The van der Waals surface area contributed by atoms with Crippen LogP contribution in [-0.4, -0.2) is 70.6 Å². The summed E-state index contributed by atoms with van der Waals surface area (Å²) in [5.74, 6) is -3.47. The number of hydrogen-bond acceptors (Lipinski definition) is 8. The van der Waals surface area contributed by atoms with Gasteiger partial charge in [0.1, 0.15) is 5.52 Å². The zero-order valence-electron chi connectivity index (χ0n) is 21.1. The van der Waals surface area contributed by atoms with Gasteiger partial charge in [0.15, 0.2) is 11.5 Å². The number of carbonyl (C=O) groups excluding carboxylic acids is 1. The van der Waals surface area contributed by atoms with Crippen LogP contribution in [0.5, 0.6) is 0 Å². The number of hydrogen-bond donors (Lipinski definition) is 3. The summed E-state index contributed by atoms with van der Waals surface area (Å²) in [4.78, 5) is 24.3. The number of fused-ring (bicyclic) bond motifs is 1. The number of anilines is 3. The van der Waals surface area contributed by atoms with Crippen LogP contribution in [0.25, 0.3) is 11.2 Å². The third-order valence-corrected chi connectivity index (χ3v) is 9.22. The minimum absolute atomic E-state index is 0.148. The summed E-state index contributed by atoms with van der Waals surface area (Å²) in [5.41, 5.74) is 2.36. The molecule has 11 nitrogen and oxygen atoms in total. The van der Waals surface area contributed by atoms with Crippen molar-refractivity contribution in [3.8, 4) is 0 Å². The van der Waals surface area contributed by atoms with Crippen molar-refractivity contribution in [2.24, 2.45) is 5.41 Å². The lowest BCUT2D eigenvalue weighted by Gasteiger charge is -2.35. The number of benzene rings is 1. The zero-order valence-corrected chi connectivity index (χ0v) is 21.9. The van der Waals surface area contributed by atoms with Crippen molar-refractivity contribution in [2.45, 2.75) is 50.5 Å². The minimum Gasteiger partial charge on any atom is -0.395 e. The number of carbonyl (C=O) groups is 1. The summed E-state index contributed by atoms with van der Waals surface area (Å²) in [6.07, 6.45) is 6.63. The molecule has 3 heterocycles. The summed E-state index contributed by atoms with van der Waals surface area (Å²) in [5, 5.41) is 16.0. The monoisotopic (exact) mass is 561 g/mol. The minimum atomic E-state index is -3.75. The first kappa shape index (κ1) is 25.9. The van der Waals surface area contributed by atoms with Crippen LogP contribution in [0.4, 0.5) is 26.0 Å². The highest BCUT2D eigenvalue weighted by Crippen LogP contribution is 2.54. The second-order valence-corrected chi connectivity index (χ2v) is 12.6. The van der Waals surface area contributed by atoms with E-state index in [4.69, 9.17) is 5.11 Å². The van der Waals surface area contributed by atoms with Gasteiger partial charge in [-0.05, 0) is 49.3 Å². The summed E-state index contributed by atoms with van der Waals surface area (Å²) in [6, 6.07) is 4.20. The van der Waals surface area contributed by atoms with Gasteiger partial charge in [0.25, 0.3) is 11.8 Å². The maximum Gasteiger partial charge on any atom is 0.258 e. The number of aliphatic hydroxyl groups excluding tert-OH is 1. The average Bonchev–Trinajstić information content (AvgIpc) is 3.49. The van der Waals surface area contributed by atoms with E-state index in [0.717, 1.165) is 25.9 Å². The highest BCUT2D eigenvalue weighted by molar-refractivity contribution is 7.92. The third-order valence-electron chi connectivity index (χ3n) is 7.96. The topological polar surface area (TPSA) is 142 Å². The fraction of sp³-hybridized carbons (Fsp3) is 0.520. The molecule has 1 aliphatic heterocycles. The Labute approximate surface area is 223 Å². The number of alkyl halides is 2. The van der Waals surface area contributed by atoms with Crippen LogP contribution in [0.15, 0.2) is 30.6 Å². The van der Waals surface area contributed by atoms with Crippen LogP contribution < -0.4 is 14.9 Å². The van der Waals surface area contributed by atoms with Crippen molar-refractivity contribution < 1.29 is 27.1 Å². The van der Waals surface area contributed by atoms with E-state index in [1.165, 1.54) is 36.0 Å². The molecule has 3 aliphatic rings. The number of nitrogens with one attached hydrogen (secondary N) is 2. The summed E-state index contributed by atoms with van der Waals surface area (Å²) in [6.45, 7) is 0.971. The molecule has 1 saturated heterocycles. The van der Waals surface area contributed by atoms with Crippen LogP contribution in [0.2, 0.25) is 0 Å². The van der Waals surface area contributed by atoms with Gasteiger partial charge in [-0.2, -0.15) is 5.10 Å². The van der Waals surface area contributed by atoms with E-state index in [1.807, 2.05) is 0 Å². The largest absolute Gasteiger partial charge is 0.395 e. The Kier molecular flexibility index (Phi) is 6.21. The van der Waals surface area contributed by atoms with Gasteiger partial charge >= 0.3 is 0 Å². The first-order chi connectivity index (χ1) is 18.6. The normalized spacial score (nSPS) is 20.1. The number of aromatic nitrogens is 4. The van der Waals surface area contributed by atoms with Crippen LogP contribution >= 0.6 is 0 Å². The molecular formula is C25H29F2N7O4S. The molecule has 1 amide bonds. The Balaban J connectivity index is 1.27. The van der Waals surface area contributed by atoms with Gasteiger partial charge in [0.05, 0.1) is 47.7 Å². The fourth-order valence-electron chi connectivity index (χ4n) is 5.43. The van der Waals surface area contributed by atoms with Gasteiger partial charge in [-0.15, -0.1) is 0 Å². The summed E-state index contributed by atoms with van der Waals surface area (Å²) < 4.78 is 55.2. The lowest BCUT2D eigenvalue weighted by atomic mass is 9.88. The van der Waals surface area contributed by atoms with Crippen LogP contribution in [-0.2, 0) is 10.0 Å². The number of nitrogens with zero attached hydrogens (tertiary/aromatic N) is 5. The molecule has 2 aliphatic carbocycles. The van der Waals surface area contributed by atoms with Crippen molar-refractivity contribution in [1.29, 1.82) is 0 Å².